The van der Waals surface area contributed by atoms with Gasteiger partial charge in [0.2, 0.25) is 0 Å². The third kappa shape index (κ3) is 5.32. The Morgan fingerprint density at radius 1 is 1.52 bits per heavy atom. The van der Waals surface area contributed by atoms with Crippen molar-refractivity contribution in [2.75, 3.05) is 11.9 Å². The lowest BCUT2D eigenvalue weighted by atomic mass is 10.2. The smallest absolute Gasteiger partial charge is 0.271 e. The monoisotopic (exact) mass is 288 g/mol. The van der Waals surface area contributed by atoms with Crippen LogP contribution in [0.25, 0.3) is 0 Å². The van der Waals surface area contributed by atoms with E-state index in [1.54, 1.807) is 6.07 Å². The number of non-ortho nitro benzene ring substituents is 1. The number of benzene rings is 1. The van der Waals surface area contributed by atoms with Gasteiger partial charge in [0, 0.05) is 30.6 Å². The highest BCUT2D eigenvalue weighted by Crippen LogP contribution is 2.17. The van der Waals surface area contributed by atoms with Crippen LogP contribution in [0.1, 0.15) is 19.8 Å². The van der Waals surface area contributed by atoms with E-state index in [1.165, 1.54) is 30.5 Å². The molecular formula is C14H16N4O3. The van der Waals surface area contributed by atoms with Crippen LogP contribution in [0.2, 0.25) is 0 Å². The highest BCUT2D eigenvalue weighted by molar-refractivity contribution is 6.06. The van der Waals surface area contributed by atoms with E-state index in [4.69, 9.17) is 5.26 Å². The molecule has 0 atom stereocenters. The number of rotatable bonds is 7. The van der Waals surface area contributed by atoms with Crippen LogP contribution in [0.3, 0.4) is 0 Å². The summed E-state index contributed by atoms with van der Waals surface area (Å²) in [6, 6.07) is 7.32. The summed E-state index contributed by atoms with van der Waals surface area (Å²) in [6.07, 6.45) is 3.28. The summed E-state index contributed by atoms with van der Waals surface area (Å²) < 4.78 is 0. The summed E-state index contributed by atoms with van der Waals surface area (Å²) in [5, 5.41) is 24.9. The normalized spacial score (nSPS) is 10.6. The second-order valence-electron chi connectivity index (χ2n) is 4.24. The van der Waals surface area contributed by atoms with Gasteiger partial charge in [0.1, 0.15) is 11.6 Å². The van der Waals surface area contributed by atoms with Crippen molar-refractivity contribution in [3.63, 3.8) is 0 Å². The Kier molecular flexibility index (Phi) is 6.41. The summed E-state index contributed by atoms with van der Waals surface area (Å²) >= 11 is 0. The topological polar surface area (TPSA) is 108 Å². The second kappa shape index (κ2) is 8.32. The quantitative estimate of drug-likeness (QED) is 0.263. The number of anilines is 1. The van der Waals surface area contributed by atoms with Gasteiger partial charge in [-0.2, -0.15) is 5.26 Å². The van der Waals surface area contributed by atoms with Crippen molar-refractivity contribution >= 4 is 17.3 Å². The summed E-state index contributed by atoms with van der Waals surface area (Å²) in [7, 11) is 0. The molecule has 1 aromatic carbocycles. The number of nitriles is 1. The lowest BCUT2D eigenvalue weighted by Gasteiger charge is -2.04. The largest absolute Gasteiger partial charge is 0.390 e. The van der Waals surface area contributed by atoms with Crippen LogP contribution in [0, 0.1) is 21.4 Å². The molecule has 0 heterocycles. The summed E-state index contributed by atoms with van der Waals surface area (Å²) in [6.45, 7) is 2.71. The third-order valence-electron chi connectivity index (χ3n) is 2.60. The number of nitrogens with zero attached hydrogens (tertiary/aromatic N) is 2. The molecule has 2 N–H and O–H groups in total. The van der Waals surface area contributed by atoms with Gasteiger partial charge in [-0.05, 0) is 12.5 Å². The fraction of sp³-hybridized carbons (Fsp3) is 0.286. The number of nitrogens with one attached hydrogen (secondary N) is 2. The van der Waals surface area contributed by atoms with Crippen LogP contribution in [0.15, 0.2) is 36.0 Å². The Balaban J connectivity index is 2.72. The summed E-state index contributed by atoms with van der Waals surface area (Å²) in [5.41, 5.74) is 0.0536. The molecule has 0 bridgehead atoms. The number of hydrogen-bond donors (Lipinski definition) is 2. The maximum Gasteiger partial charge on any atom is 0.271 e. The predicted molar refractivity (Wildman–Crippen MR) is 78.3 cm³/mol. The molecule has 21 heavy (non-hydrogen) atoms. The van der Waals surface area contributed by atoms with E-state index < -0.39 is 10.8 Å². The predicted octanol–water partition coefficient (Wildman–Crippen LogP) is 2.33. The molecular weight excluding hydrogens is 272 g/mol. The minimum absolute atomic E-state index is 0.0855. The molecule has 1 amide bonds. The molecule has 0 aromatic heterocycles. The van der Waals surface area contributed by atoms with E-state index in [0.717, 1.165) is 12.8 Å². The van der Waals surface area contributed by atoms with Crippen LogP contribution < -0.4 is 10.6 Å². The number of nitro groups is 1. The van der Waals surface area contributed by atoms with Gasteiger partial charge < -0.3 is 10.6 Å². The number of amides is 1. The van der Waals surface area contributed by atoms with Crippen LogP contribution in [0.4, 0.5) is 11.4 Å². The lowest BCUT2D eigenvalue weighted by Crippen LogP contribution is -2.17. The second-order valence-corrected chi connectivity index (χ2v) is 4.24. The highest BCUT2D eigenvalue weighted by Gasteiger charge is 2.11. The number of nitro benzene ring substituents is 1. The first-order chi connectivity index (χ1) is 10.1. The molecule has 0 saturated heterocycles. The van der Waals surface area contributed by atoms with E-state index in [2.05, 4.69) is 10.6 Å². The molecule has 0 aliphatic carbocycles. The van der Waals surface area contributed by atoms with Gasteiger partial charge >= 0.3 is 0 Å². The number of carbonyl (C=O) groups is 1. The van der Waals surface area contributed by atoms with Gasteiger partial charge in [0.05, 0.1) is 4.92 Å². The maximum atomic E-state index is 11.9. The molecule has 0 radical (unpaired) electrons. The molecule has 1 rings (SSSR count). The first kappa shape index (κ1) is 16.2. The first-order valence-electron chi connectivity index (χ1n) is 6.48. The van der Waals surface area contributed by atoms with Gasteiger partial charge in [0.15, 0.2) is 0 Å². The van der Waals surface area contributed by atoms with Crippen molar-refractivity contribution in [2.45, 2.75) is 19.8 Å². The minimum Gasteiger partial charge on any atom is -0.390 e. The number of carbonyl (C=O) groups excluding carboxylic acids is 1. The van der Waals surface area contributed by atoms with Gasteiger partial charge in [-0.1, -0.05) is 19.4 Å². The Morgan fingerprint density at radius 3 is 2.90 bits per heavy atom. The Morgan fingerprint density at radius 2 is 2.29 bits per heavy atom. The molecule has 0 saturated carbocycles. The van der Waals surface area contributed by atoms with Crippen molar-refractivity contribution in [3.8, 4) is 6.07 Å². The molecule has 7 heteroatoms. The molecule has 0 fully saturated rings. The van der Waals surface area contributed by atoms with E-state index in [-0.39, 0.29) is 16.9 Å². The lowest BCUT2D eigenvalue weighted by molar-refractivity contribution is -0.384. The van der Waals surface area contributed by atoms with Crippen molar-refractivity contribution in [1.29, 1.82) is 5.26 Å². The Bertz CT molecular complexity index is 590. The van der Waals surface area contributed by atoms with Crippen molar-refractivity contribution in [2.24, 2.45) is 0 Å². The van der Waals surface area contributed by atoms with Crippen molar-refractivity contribution in [1.82, 2.24) is 5.32 Å². The molecule has 1 aromatic rings. The van der Waals surface area contributed by atoms with E-state index >= 15 is 0 Å². The molecule has 0 aliphatic heterocycles. The van der Waals surface area contributed by atoms with Gasteiger partial charge in [0.25, 0.3) is 11.6 Å². The maximum absolute atomic E-state index is 11.9. The van der Waals surface area contributed by atoms with E-state index in [1.807, 2.05) is 6.92 Å². The van der Waals surface area contributed by atoms with Crippen LogP contribution in [0.5, 0.6) is 0 Å². The van der Waals surface area contributed by atoms with Gasteiger partial charge in [-0.15, -0.1) is 0 Å². The Hall–Kier alpha value is -2.88. The number of hydrogen-bond acceptors (Lipinski definition) is 5. The zero-order valence-corrected chi connectivity index (χ0v) is 11.6. The van der Waals surface area contributed by atoms with E-state index in [0.29, 0.717) is 6.54 Å². The first-order valence-corrected chi connectivity index (χ1v) is 6.48. The minimum atomic E-state index is -0.609. The molecule has 0 unspecified atom stereocenters. The van der Waals surface area contributed by atoms with Crippen LogP contribution in [-0.2, 0) is 4.79 Å². The summed E-state index contributed by atoms with van der Waals surface area (Å²) in [4.78, 5) is 22.0. The van der Waals surface area contributed by atoms with Crippen molar-refractivity contribution in [3.05, 3.63) is 46.2 Å². The molecule has 0 spiro atoms. The zero-order valence-electron chi connectivity index (χ0n) is 11.6. The zero-order chi connectivity index (χ0) is 15.7. The van der Waals surface area contributed by atoms with Crippen molar-refractivity contribution < 1.29 is 9.72 Å². The fourth-order valence-electron chi connectivity index (χ4n) is 1.50. The summed E-state index contributed by atoms with van der Waals surface area (Å²) in [5.74, 6) is -0.609. The average molecular weight is 288 g/mol. The fourth-order valence-corrected chi connectivity index (χ4v) is 1.50. The van der Waals surface area contributed by atoms with Gasteiger partial charge in [-0.3, -0.25) is 14.9 Å². The van der Waals surface area contributed by atoms with E-state index in [9.17, 15) is 14.9 Å². The Labute approximate surface area is 122 Å². The van der Waals surface area contributed by atoms with Gasteiger partial charge in [-0.25, -0.2) is 0 Å². The number of unbranched alkanes of at least 4 members (excludes halogenated alkanes) is 1. The van der Waals surface area contributed by atoms with Crippen LogP contribution >= 0.6 is 0 Å². The SMILES string of the molecule is CCCCN/C=C(/C#N)C(=O)Nc1cccc([N+](=O)[O-])c1. The third-order valence-corrected chi connectivity index (χ3v) is 2.60. The highest BCUT2D eigenvalue weighted by atomic mass is 16.6. The molecule has 0 aliphatic rings. The molecule has 7 nitrogen and oxygen atoms in total. The average Bonchev–Trinajstić information content (AvgIpc) is 2.47. The standard InChI is InChI=1S/C14H16N4O3/c1-2-3-7-16-10-11(9-15)14(19)17-12-5-4-6-13(8-12)18(20)21/h4-6,8,10,16H,2-3,7H2,1H3,(H,17,19)/b11-10-. The van der Waals surface area contributed by atoms with Crippen LogP contribution in [-0.4, -0.2) is 17.4 Å². The molecule has 110 valence electrons.